The van der Waals surface area contributed by atoms with Crippen LogP contribution in [-0.2, 0) is 4.79 Å². The van der Waals surface area contributed by atoms with Crippen molar-refractivity contribution in [3.8, 4) is 5.75 Å². The van der Waals surface area contributed by atoms with Gasteiger partial charge in [-0.15, -0.1) is 0 Å². The number of nitrogens with two attached hydrogens (primary N) is 1. The zero-order chi connectivity index (χ0) is 19.3. The normalized spacial score (nSPS) is 24.7. The summed E-state index contributed by atoms with van der Waals surface area (Å²) in [4.78, 5) is 26.8. The number of aryl methyl sites for hydroxylation is 1. The van der Waals surface area contributed by atoms with E-state index in [1.807, 2.05) is 13.8 Å². The minimum atomic E-state index is -0.559. The van der Waals surface area contributed by atoms with Crippen molar-refractivity contribution in [2.75, 3.05) is 20.2 Å². The van der Waals surface area contributed by atoms with E-state index in [4.69, 9.17) is 10.5 Å². The average molecular weight is 360 g/mol. The van der Waals surface area contributed by atoms with E-state index in [2.05, 4.69) is 0 Å². The van der Waals surface area contributed by atoms with Gasteiger partial charge >= 0.3 is 0 Å². The van der Waals surface area contributed by atoms with Gasteiger partial charge in [-0.3, -0.25) is 9.59 Å². The molecule has 26 heavy (non-hydrogen) atoms. The smallest absolute Gasteiger partial charge is 0.256 e. The fourth-order valence-electron chi connectivity index (χ4n) is 4.34. The molecule has 1 spiro atoms. The summed E-state index contributed by atoms with van der Waals surface area (Å²) in [5.41, 5.74) is 5.97. The largest absolute Gasteiger partial charge is 0.496 e. The number of rotatable bonds is 2. The standard InChI is InChI=1S/C20H25FN2O3/c1-12-7-14(21)13(8-16(12)26-4)18(25)23-6-5-20(11-23)9-15(22)17(24)19(2,3)10-20/h7-9H,5-6,10-11,22H2,1-4H3. The second kappa shape index (κ2) is 6.11. The molecule has 5 nitrogen and oxygen atoms in total. The highest BCUT2D eigenvalue weighted by Gasteiger charge is 2.48. The molecule has 2 N–H and O–H groups in total. The zero-order valence-electron chi connectivity index (χ0n) is 15.7. The van der Waals surface area contributed by atoms with Crippen molar-refractivity contribution in [3.05, 3.63) is 40.8 Å². The predicted octanol–water partition coefficient (Wildman–Crippen LogP) is 2.82. The molecule has 0 radical (unpaired) electrons. The highest BCUT2D eigenvalue weighted by Crippen LogP contribution is 2.47. The van der Waals surface area contributed by atoms with Gasteiger partial charge in [-0.1, -0.05) is 13.8 Å². The highest BCUT2D eigenvalue weighted by atomic mass is 19.1. The zero-order valence-corrected chi connectivity index (χ0v) is 15.7. The molecule has 3 rings (SSSR count). The number of likely N-dealkylation sites (tertiary alicyclic amines) is 1. The minimum absolute atomic E-state index is 0.00703. The van der Waals surface area contributed by atoms with E-state index in [0.717, 1.165) is 0 Å². The SMILES string of the molecule is COc1cc(C(=O)N2CCC3(C=C(N)C(=O)C(C)(C)C3)C2)c(F)cc1C. The summed E-state index contributed by atoms with van der Waals surface area (Å²) in [6.45, 7) is 6.43. The van der Waals surface area contributed by atoms with E-state index in [9.17, 15) is 14.0 Å². The highest BCUT2D eigenvalue weighted by molar-refractivity contribution is 6.00. The number of carbonyl (C=O) groups is 2. The van der Waals surface area contributed by atoms with Gasteiger partial charge in [0.2, 0.25) is 0 Å². The Labute approximate surface area is 153 Å². The molecule has 1 unspecified atom stereocenters. The van der Waals surface area contributed by atoms with Gasteiger partial charge in [-0.05, 0) is 43.5 Å². The van der Waals surface area contributed by atoms with Crippen LogP contribution in [0, 0.1) is 23.6 Å². The van der Waals surface area contributed by atoms with E-state index >= 15 is 0 Å². The fourth-order valence-corrected chi connectivity index (χ4v) is 4.34. The number of methoxy groups -OCH3 is 1. The first-order valence-corrected chi connectivity index (χ1v) is 8.75. The number of carbonyl (C=O) groups excluding carboxylic acids is 2. The number of halogens is 1. The fraction of sp³-hybridized carbons (Fsp3) is 0.500. The Kier molecular flexibility index (Phi) is 4.33. The Bertz CT molecular complexity index is 816. The molecule has 0 saturated carbocycles. The van der Waals surface area contributed by atoms with E-state index in [1.165, 1.54) is 19.2 Å². The van der Waals surface area contributed by atoms with Crippen molar-refractivity contribution >= 4 is 11.7 Å². The third-order valence-electron chi connectivity index (χ3n) is 5.52. The molecule has 140 valence electrons. The Morgan fingerprint density at radius 1 is 1.35 bits per heavy atom. The lowest BCUT2D eigenvalue weighted by atomic mass is 9.65. The average Bonchev–Trinajstić information content (AvgIpc) is 2.95. The van der Waals surface area contributed by atoms with Crippen molar-refractivity contribution < 1.29 is 18.7 Å². The summed E-state index contributed by atoms with van der Waals surface area (Å²) in [5.74, 6) is -0.484. The Hall–Kier alpha value is -2.37. The molecule has 1 aromatic rings. The minimum Gasteiger partial charge on any atom is -0.496 e. The molecule has 1 fully saturated rings. The van der Waals surface area contributed by atoms with E-state index < -0.39 is 11.2 Å². The Morgan fingerprint density at radius 3 is 2.65 bits per heavy atom. The van der Waals surface area contributed by atoms with Gasteiger partial charge in [0.05, 0.1) is 18.4 Å². The third kappa shape index (κ3) is 2.97. The van der Waals surface area contributed by atoms with Gasteiger partial charge in [0, 0.05) is 23.9 Å². The van der Waals surface area contributed by atoms with Gasteiger partial charge in [-0.2, -0.15) is 0 Å². The van der Waals surface area contributed by atoms with Gasteiger partial charge in [-0.25, -0.2) is 4.39 Å². The number of amides is 1. The van der Waals surface area contributed by atoms with Crippen molar-refractivity contribution in [3.63, 3.8) is 0 Å². The Morgan fingerprint density at radius 2 is 2.04 bits per heavy atom. The van der Waals surface area contributed by atoms with Crippen molar-refractivity contribution in [1.29, 1.82) is 0 Å². The molecule has 2 aliphatic rings. The maximum atomic E-state index is 14.4. The van der Waals surface area contributed by atoms with Gasteiger partial charge < -0.3 is 15.4 Å². The van der Waals surface area contributed by atoms with Gasteiger partial charge in [0.1, 0.15) is 11.6 Å². The van der Waals surface area contributed by atoms with Crippen LogP contribution in [0.2, 0.25) is 0 Å². The van der Waals surface area contributed by atoms with Crippen molar-refractivity contribution in [2.24, 2.45) is 16.6 Å². The lowest BCUT2D eigenvalue weighted by molar-refractivity contribution is -0.125. The topological polar surface area (TPSA) is 72.6 Å². The summed E-state index contributed by atoms with van der Waals surface area (Å²) in [6, 6.07) is 2.77. The molecule has 1 aliphatic heterocycles. The summed E-state index contributed by atoms with van der Waals surface area (Å²) < 4.78 is 19.6. The lowest BCUT2D eigenvalue weighted by Crippen LogP contribution is -2.42. The van der Waals surface area contributed by atoms with Crippen LogP contribution in [0.5, 0.6) is 5.75 Å². The van der Waals surface area contributed by atoms with E-state index in [-0.39, 0.29) is 28.4 Å². The number of hydrogen-bond acceptors (Lipinski definition) is 4. The molecule has 1 amide bonds. The maximum absolute atomic E-state index is 14.4. The number of ether oxygens (including phenoxy) is 1. The van der Waals surface area contributed by atoms with Crippen LogP contribution in [0.3, 0.4) is 0 Å². The van der Waals surface area contributed by atoms with Crippen LogP contribution >= 0.6 is 0 Å². The van der Waals surface area contributed by atoms with Crippen molar-refractivity contribution in [1.82, 2.24) is 4.90 Å². The van der Waals surface area contributed by atoms with Crippen LogP contribution in [0.25, 0.3) is 0 Å². The second-order valence-electron chi connectivity index (χ2n) is 8.13. The first kappa shape index (κ1) is 18.4. The number of nitrogens with zero attached hydrogens (tertiary/aromatic N) is 1. The van der Waals surface area contributed by atoms with Crippen molar-refractivity contribution in [2.45, 2.75) is 33.6 Å². The van der Waals surface area contributed by atoms with Crippen LogP contribution in [0.4, 0.5) is 4.39 Å². The van der Waals surface area contributed by atoms with Crippen LogP contribution in [0.1, 0.15) is 42.6 Å². The summed E-state index contributed by atoms with van der Waals surface area (Å²) in [7, 11) is 1.49. The quantitative estimate of drug-likeness (QED) is 0.880. The molecule has 0 aromatic heterocycles. The number of benzene rings is 1. The van der Waals surface area contributed by atoms with Gasteiger partial charge in [0.25, 0.3) is 5.91 Å². The third-order valence-corrected chi connectivity index (χ3v) is 5.52. The maximum Gasteiger partial charge on any atom is 0.256 e. The summed E-state index contributed by atoms with van der Waals surface area (Å²) in [5, 5.41) is 0. The lowest BCUT2D eigenvalue weighted by Gasteiger charge is -2.39. The molecule has 1 aromatic carbocycles. The second-order valence-corrected chi connectivity index (χ2v) is 8.13. The molecule has 0 bridgehead atoms. The molecule has 1 atom stereocenters. The van der Waals surface area contributed by atoms with Crippen LogP contribution in [-0.4, -0.2) is 36.8 Å². The molecule has 1 saturated heterocycles. The Balaban J connectivity index is 1.88. The van der Waals surface area contributed by atoms with Crippen LogP contribution in [0.15, 0.2) is 23.9 Å². The summed E-state index contributed by atoms with van der Waals surface area (Å²) >= 11 is 0. The van der Waals surface area contributed by atoms with Gasteiger partial charge in [0.15, 0.2) is 5.78 Å². The van der Waals surface area contributed by atoms with E-state index in [1.54, 1.807) is 17.9 Å². The number of hydrogen-bond donors (Lipinski definition) is 1. The number of Topliss-reactive ketones (excluding diaryl/α,β-unsaturated/α-hetero) is 1. The van der Waals surface area contributed by atoms with E-state index in [0.29, 0.717) is 37.2 Å². The molecular weight excluding hydrogens is 335 g/mol. The molecular formula is C20H25FN2O3. The molecule has 1 heterocycles. The van der Waals surface area contributed by atoms with Crippen LogP contribution < -0.4 is 10.5 Å². The first-order valence-electron chi connectivity index (χ1n) is 8.75. The number of ketones is 1. The first-order chi connectivity index (χ1) is 12.1. The predicted molar refractivity (Wildman–Crippen MR) is 96.3 cm³/mol. The number of allylic oxidation sites excluding steroid dienone is 1. The molecule has 1 aliphatic carbocycles. The monoisotopic (exact) mass is 360 g/mol. The summed E-state index contributed by atoms with van der Waals surface area (Å²) in [6.07, 6.45) is 3.14. The molecule has 6 heteroatoms.